The van der Waals surface area contributed by atoms with Gasteiger partial charge in [0.05, 0.1) is 0 Å². The molecular weight excluding hydrogens is 340 g/mol. The number of aromatic nitrogens is 2. The highest BCUT2D eigenvalue weighted by molar-refractivity contribution is 7.98. The van der Waals surface area contributed by atoms with Crippen molar-refractivity contribution in [2.45, 2.75) is 21.6 Å². The van der Waals surface area contributed by atoms with E-state index in [0.717, 1.165) is 21.0 Å². The molecule has 0 aliphatic rings. The molecule has 0 bridgehead atoms. The molecule has 3 aromatic rings. The summed E-state index contributed by atoms with van der Waals surface area (Å²) in [5.41, 5.74) is 2.35. The second-order valence-electron chi connectivity index (χ2n) is 5.08. The van der Waals surface area contributed by atoms with Crippen LogP contribution in [-0.4, -0.2) is 0 Å². The van der Waals surface area contributed by atoms with Crippen molar-refractivity contribution in [2.24, 2.45) is 0 Å². The molecule has 0 saturated heterocycles. The molecule has 0 aliphatic heterocycles. The zero-order chi connectivity index (χ0) is 16.8. The molecule has 3 rings (SSSR count). The van der Waals surface area contributed by atoms with E-state index in [9.17, 15) is 10.4 Å². The average Bonchev–Trinajstić information content (AvgIpc) is 2.61. The number of nitrogens with zero attached hydrogens (tertiary/aromatic N) is 2. The third-order valence-electron chi connectivity index (χ3n) is 3.45. The van der Waals surface area contributed by atoms with Gasteiger partial charge in [0.1, 0.15) is 0 Å². The summed E-state index contributed by atoms with van der Waals surface area (Å²) in [6.07, 6.45) is 3.01. The van der Waals surface area contributed by atoms with Crippen LogP contribution in [0, 0.1) is 10.4 Å². The standard InChI is InChI=1S/C18H16N2O2S2/c21-19-11-5-3-9-17(19)23-13-15-7-1-2-8-16(15)14-24-18-10-4-6-12-20(18)22/h1-12H,13-14H2. The Bertz CT molecular complexity index is 759. The lowest BCUT2D eigenvalue weighted by Crippen LogP contribution is -2.27. The molecule has 1 aromatic carbocycles. The molecule has 0 fully saturated rings. The van der Waals surface area contributed by atoms with Crippen LogP contribution in [0.4, 0.5) is 0 Å². The predicted molar refractivity (Wildman–Crippen MR) is 96.4 cm³/mol. The summed E-state index contributed by atoms with van der Waals surface area (Å²) in [7, 11) is 0. The van der Waals surface area contributed by atoms with Crippen molar-refractivity contribution in [3.63, 3.8) is 0 Å². The smallest absolute Gasteiger partial charge is 0.251 e. The highest BCUT2D eigenvalue weighted by Crippen LogP contribution is 2.26. The summed E-state index contributed by atoms with van der Waals surface area (Å²) >= 11 is 3.03. The largest absolute Gasteiger partial charge is 0.618 e. The molecule has 24 heavy (non-hydrogen) atoms. The van der Waals surface area contributed by atoms with Gasteiger partial charge in [-0.25, -0.2) is 0 Å². The third kappa shape index (κ3) is 4.21. The van der Waals surface area contributed by atoms with E-state index in [1.165, 1.54) is 47.0 Å². The lowest BCUT2D eigenvalue weighted by atomic mass is 10.1. The Kier molecular flexibility index (Phi) is 5.61. The van der Waals surface area contributed by atoms with Crippen molar-refractivity contribution in [1.82, 2.24) is 0 Å². The van der Waals surface area contributed by atoms with E-state index in [1.807, 2.05) is 36.4 Å². The third-order valence-corrected chi connectivity index (χ3v) is 5.58. The lowest BCUT2D eigenvalue weighted by molar-refractivity contribution is -0.645. The molecule has 0 spiro atoms. The number of hydrogen-bond acceptors (Lipinski definition) is 4. The molecule has 0 unspecified atom stereocenters. The van der Waals surface area contributed by atoms with Gasteiger partial charge in [0, 0.05) is 35.8 Å². The van der Waals surface area contributed by atoms with Gasteiger partial charge >= 0.3 is 0 Å². The highest BCUT2D eigenvalue weighted by Gasteiger charge is 2.10. The highest BCUT2D eigenvalue weighted by atomic mass is 32.2. The van der Waals surface area contributed by atoms with E-state index in [4.69, 9.17) is 0 Å². The molecule has 0 saturated carbocycles. The fourth-order valence-electron chi connectivity index (χ4n) is 2.19. The van der Waals surface area contributed by atoms with Crippen LogP contribution < -0.4 is 9.46 Å². The number of benzene rings is 1. The SMILES string of the molecule is [O-][n+]1ccccc1SCc1ccccc1CSc1cccc[n+]1[O-]. The molecule has 0 aliphatic carbocycles. The first kappa shape index (κ1) is 16.7. The molecule has 6 heteroatoms. The van der Waals surface area contributed by atoms with Gasteiger partial charge in [-0.3, -0.25) is 0 Å². The summed E-state index contributed by atoms with van der Waals surface area (Å²) in [6, 6.07) is 18.9. The fraction of sp³-hybridized carbons (Fsp3) is 0.111. The first-order valence-electron chi connectivity index (χ1n) is 7.43. The van der Waals surface area contributed by atoms with Gasteiger partial charge in [0.2, 0.25) is 0 Å². The lowest BCUT2D eigenvalue weighted by Gasteiger charge is -2.09. The fourth-order valence-corrected chi connectivity index (χ4v) is 4.09. The van der Waals surface area contributed by atoms with Gasteiger partial charge in [0.25, 0.3) is 10.1 Å². The van der Waals surface area contributed by atoms with Crippen LogP contribution in [0.1, 0.15) is 11.1 Å². The molecule has 122 valence electrons. The van der Waals surface area contributed by atoms with Crippen LogP contribution in [0.15, 0.2) is 83.1 Å². The molecule has 0 atom stereocenters. The minimum atomic E-state index is 0.681. The van der Waals surface area contributed by atoms with Gasteiger partial charge in [0.15, 0.2) is 12.4 Å². The van der Waals surface area contributed by atoms with Crippen LogP contribution in [-0.2, 0) is 11.5 Å². The molecular formula is C18H16N2O2S2. The summed E-state index contributed by atoms with van der Waals surface area (Å²) in [6.45, 7) is 0. The van der Waals surface area contributed by atoms with Crippen molar-refractivity contribution < 1.29 is 9.46 Å². The Hall–Kier alpha value is -2.18. The first-order valence-corrected chi connectivity index (χ1v) is 9.40. The summed E-state index contributed by atoms with van der Waals surface area (Å²) in [4.78, 5) is 0. The van der Waals surface area contributed by atoms with E-state index in [1.54, 1.807) is 12.1 Å². The normalized spacial score (nSPS) is 10.7. The Labute approximate surface area is 149 Å². The minimum Gasteiger partial charge on any atom is -0.618 e. The van der Waals surface area contributed by atoms with Crippen molar-refractivity contribution in [3.05, 3.63) is 94.6 Å². The van der Waals surface area contributed by atoms with Gasteiger partial charge in [-0.1, -0.05) is 47.8 Å². The maximum Gasteiger partial charge on any atom is 0.251 e. The van der Waals surface area contributed by atoms with Crippen LogP contribution >= 0.6 is 23.5 Å². The number of rotatable bonds is 6. The topological polar surface area (TPSA) is 53.9 Å². The van der Waals surface area contributed by atoms with Gasteiger partial charge in [-0.15, -0.1) is 0 Å². The maximum atomic E-state index is 11.7. The summed E-state index contributed by atoms with van der Waals surface area (Å²) in [5, 5.41) is 24.8. The molecule has 2 heterocycles. The minimum absolute atomic E-state index is 0.681. The monoisotopic (exact) mass is 356 g/mol. The number of pyridine rings is 2. The molecule has 4 nitrogen and oxygen atoms in total. The zero-order valence-electron chi connectivity index (χ0n) is 12.9. The second kappa shape index (κ2) is 8.08. The van der Waals surface area contributed by atoms with E-state index in [0.29, 0.717) is 10.1 Å². The Morgan fingerprint density at radius 2 is 1.04 bits per heavy atom. The van der Waals surface area contributed by atoms with Gasteiger partial charge < -0.3 is 10.4 Å². The van der Waals surface area contributed by atoms with Crippen molar-refractivity contribution in [2.75, 3.05) is 0 Å². The predicted octanol–water partition coefficient (Wildman–Crippen LogP) is 3.54. The van der Waals surface area contributed by atoms with E-state index in [-0.39, 0.29) is 0 Å². The van der Waals surface area contributed by atoms with Gasteiger partial charge in [-0.05, 0) is 23.3 Å². The van der Waals surface area contributed by atoms with Gasteiger partial charge in [-0.2, -0.15) is 9.46 Å². The Morgan fingerprint density at radius 1 is 0.625 bits per heavy atom. The van der Waals surface area contributed by atoms with Crippen molar-refractivity contribution in [1.29, 1.82) is 0 Å². The molecule has 2 aromatic heterocycles. The first-order chi connectivity index (χ1) is 11.7. The Morgan fingerprint density at radius 3 is 1.46 bits per heavy atom. The number of hydrogen-bond donors (Lipinski definition) is 0. The van der Waals surface area contributed by atoms with Crippen LogP contribution in [0.2, 0.25) is 0 Å². The van der Waals surface area contributed by atoms with Crippen LogP contribution in [0.3, 0.4) is 0 Å². The summed E-state index contributed by atoms with van der Waals surface area (Å²) < 4.78 is 1.76. The summed E-state index contributed by atoms with van der Waals surface area (Å²) in [5.74, 6) is 1.43. The van der Waals surface area contributed by atoms with E-state index >= 15 is 0 Å². The maximum absolute atomic E-state index is 11.7. The van der Waals surface area contributed by atoms with E-state index < -0.39 is 0 Å². The van der Waals surface area contributed by atoms with Crippen LogP contribution in [0.5, 0.6) is 0 Å². The van der Waals surface area contributed by atoms with Crippen LogP contribution in [0.25, 0.3) is 0 Å². The zero-order valence-corrected chi connectivity index (χ0v) is 14.5. The van der Waals surface area contributed by atoms with E-state index in [2.05, 4.69) is 12.1 Å². The number of thioether (sulfide) groups is 2. The molecule has 0 N–H and O–H groups in total. The van der Waals surface area contributed by atoms with Crippen molar-refractivity contribution >= 4 is 23.5 Å². The molecule has 0 radical (unpaired) electrons. The molecule has 0 amide bonds. The second-order valence-corrected chi connectivity index (χ2v) is 7.07. The van der Waals surface area contributed by atoms with Crippen molar-refractivity contribution in [3.8, 4) is 0 Å². The quantitative estimate of drug-likeness (QED) is 0.385. The average molecular weight is 356 g/mol. The Balaban J connectivity index is 1.69.